The van der Waals surface area contributed by atoms with E-state index in [2.05, 4.69) is 23.5 Å². The summed E-state index contributed by atoms with van der Waals surface area (Å²) in [7, 11) is 1.77. The minimum absolute atomic E-state index is 0.726. The fourth-order valence-electron chi connectivity index (χ4n) is 3.12. The highest BCUT2D eigenvalue weighted by atomic mass is 16.5. The molecule has 3 rings (SSSR count). The van der Waals surface area contributed by atoms with Crippen LogP contribution in [0.2, 0.25) is 0 Å². The van der Waals surface area contributed by atoms with Gasteiger partial charge in [-0.2, -0.15) is 0 Å². The van der Waals surface area contributed by atoms with Crippen LogP contribution in [0.1, 0.15) is 23.5 Å². The first-order valence-electron chi connectivity index (χ1n) is 5.76. The van der Waals surface area contributed by atoms with E-state index in [9.17, 15) is 0 Å². The number of ether oxygens (including phenoxy) is 1. The lowest BCUT2D eigenvalue weighted by Gasteiger charge is -2.28. The maximum absolute atomic E-state index is 5.44. The van der Waals surface area contributed by atoms with E-state index in [0.717, 1.165) is 24.1 Å². The number of methoxy groups -OCH3 is 1. The Morgan fingerprint density at radius 3 is 3.13 bits per heavy atom. The van der Waals surface area contributed by atoms with Crippen LogP contribution >= 0.6 is 0 Å². The molecule has 0 radical (unpaired) electrons. The number of hydrogen-bond acceptors (Lipinski definition) is 2. The molecule has 1 saturated heterocycles. The topological polar surface area (TPSA) is 21.3 Å². The molecule has 2 unspecified atom stereocenters. The lowest BCUT2D eigenvalue weighted by Crippen LogP contribution is -2.19. The van der Waals surface area contributed by atoms with Crippen molar-refractivity contribution in [3.63, 3.8) is 0 Å². The molecule has 1 fully saturated rings. The van der Waals surface area contributed by atoms with Crippen molar-refractivity contribution in [2.45, 2.75) is 18.8 Å². The average molecular weight is 203 g/mol. The second kappa shape index (κ2) is 3.53. The summed E-state index contributed by atoms with van der Waals surface area (Å²) in [4.78, 5) is 0. The number of nitrogens with one attached hydrogen (secondary N) is 1. The van der Waals surface area contributed by atoms with Crippen LogP contribution in [0.4, 0.5) is 0 Å². The van der Waals surface area contributed by atoms with Gasteiger partial charge in [-0.1, -0.05) is 12.1 Å². The summed E-state index contributed by atoms with van der Waals surface area (Å²) >= 11 is 0. The molecule has 1 aliphatic heterocycles. The van der Waals surface area contributed by atoms with Crippen molar-refractivity contribution >= 4 is 0 Å². The van der Waals surface area contributed by atoms with Crippen LogP contribution in [0.25, 0.3) is 0 Å². The van der Waals surface area contributed by atoms with Gasteiger partial charge in [-0.05, 0) is 42.5 Å². The molecule has 1 heterocycles. The van der Waals surface area contributed by atoms with Gasteiger partial charge in [0.1, 0.15) is 5.75 Å². The Hall–Kier alpha value is -1.02. The third-order valence-electron chi connectivity index (χ3n) is 3.89. The van der Waals surface area contributed by atoms with Crippen molar-refractivity contribution in [3.8, 4) is 5.75 Å². The number of fused-ring (bicyclic) bond motifs is 3. The predicted molar refractivity (Wildman–Crippen MR) is 60.4 cm³/mol. The normalized spacial score (nSPS) is 28.3. The Morgan fingerprint density at radius 2 is 2.27 bits per heavy atom. The molecule has 1 aromatic carbocycles. The van der Waals surface area contributed by atoms with Gasteiger partial charge in [-0.15, -0.1) is 0 Å². The first-order chi connectivity index (χ1) is 7.40. The minimum atomic E-state index is 0.726. The second-order valence-electron chi connectivity index (χ2n) is 4.59. The summed E-state index contributed by atoms with van der Waals surface area (Å²) in [6, 6.07) is 6.49. The largest absolute Gasteiger partial charge is 0.496 e. The Morgan fingerprint density at radius 1 is 1.33 bits per heavy atom. The first-order valence-corrected chi connectivity index (χ1v) is 5.76. The highest BCUT2D eigenvalue weighted by molar-refractivity contribution is 5.44. The van der Waals surface area contributed by atoms with E-state index in [1.54, 1.807) is 7.11 Å². The molecule has 0 saturated carbocycles. The van der Waals surface area contributed by atoms with Crippen molar-refractivity contribution in [2.75, 3.05) is 20.2 Å². The molecule has 2 aliphatic rings. The number of rotatable bonds is 1. The van der Waals surface area contributed by atoms with Gasteiger partial charge in [0.15, 0.2) is 0 Å². The molecule has 1 N–H and O–H groups in total. The van der Waals surface area contributed by atoms with Crippen LogP contribution < -0.4 is 10.1 Å². The van der Waals surface area contributed by atoms with E-state index in [4.69, 9.17) is 4.74 Å². The summed E-state index contributed by atoms with van der Waals surface area (Å²) < 4.78 is 5.44. The molecule has 0 bridgehead atoms. The molecule has 2 heteroatoms. The minimum Gasteiger partial charge on any atom is -0.496 e. The van der Waals surface area contributed by atoms with Crippen molar-refractivity contribution in [1.29, 1.82) is 0 Å². The van der Waals surface area contributed by atoms with E-state index in [1.165, 1.54) is 30.5 Å². The van der Waals surface area contributed by atoms with E-state index >= 15 is 0 Å². The third-order valence-corrected chi connectivity index (χ3v) is 3.89. The average Bonchev–Trinajstić information content (AvgIpc) is 2.76. The summed E-state index contributed by atoms with van der Waals surface area (Å²) in [5.74, 6) is 2.66. The first kappa shape index (κ1) is 9.22. The lowest BCUT2D eigenvalue weighted by atomic mass is 9.77. The van der Waals surface area contributed by atoms with Crippen LogP contribution in [-0.4, -0.2) is 20.2 Å². The van der Waals surface area contributed by atoms with Gasteiger partial charge in [0.2, 0.25) is 0 Å². The lowest BCUT2D eigenvalue weighted by molar-refractivity contribution is 0.392. The monoisotopic (exact) mass is 203 g/mol. The van der Waals surface area contributed by atoms with Crippen molar-refractivity contribution < 1.29 is 4.74 Å². The van der Waals surface area contributed by atoms with Gasteiger partial charge in [-0.3, -0.25) is 0 Å². The maximum atomic E-state index is 5.44. The Labute approximate surface area is 90.6 Å². The quantitative estimate of drug-likeness (QED) is 0.753. The zero-order valence-corrected chi connectivity index (χ0v) is 9.12. The zero-order chi connectivity index (χ0) is 10.3. The molecule has 2 atom stereocenters. The van der Waals surface area contributed by atoms with Gasteiger partial charge in [0, 0.05) is 12.5 Å². The van der Waals surface area contributed by atoms with Crippen molar-refractivity contribution in [3.05, 3.63) is 29.3 Å². The molecule has 1 aliphatic carbocycles. The van der Waals surface area contributed by atoms with E-state index in [1.807, 2.05) is 0 Å². The summed E-state index contributed by atoms with van der Waals surface area (Å²) in [5, 5.41) is 3.50. The Bertz CT molecular complexity index is 375. The fraction of sp³-hybridized carbons (Fsp3) is 0.538. The molecular weight excluding hydrogens is 186 g/mol. The standard InChI is InChI=1S/C13H17NO/c1-15-13-4-2-3-10-11(13)6-5-9-7-14-8-12(9)10/h2-4,9,12,14H,5-8H2,1H3. The third kappa shape index (κ3) is 1.36. The van der Waals surface area contributed by atoms with E-state index < -0.39 is 0 Å². The van der Waals surface area contributed by atoms with Gasteiger partial charge < -0.3 is 10.1 Å². The molecule has 2 nitrogen and oxygen atoms in total. The second-order valence-corrected chi connectivity index (χ2v) is 4.59. The van der Waals surface area contributed by atoms with E-state index in [-0.39, 0.29) is 0 Å². The summed E-state index contributed by atoms with van der Waals surface area (Å²) in [6.45, 7) is 2.34. The Balaban J connectivity index is 2.07. The molecule has 0 amide bonds. The van der Waals surface area contributed by atoms with Gasteiger partial charge in [0.25, 0.3) is 0 Å². The van der Waals surface area contributed by atoms with Gasteiger partial charge in [0.05, 0.1) is 7.11 Å². The predicted octanol–water partition coefficient (Wildman–Crippen LogP) is 1.94. The van der Waals surface area contributed by atoms with Crippen molar-refractivity contribution in [1.82, 2.24) is 5.32 Å². The number of benzene rings is 1. The summed E-state index contributed by atoms with van der Waals surface area (Å²) in [6.07, 6.45) is 2.49. The fourth-order valence-corrected chi connectivity index (χ4v) is 3.12. The molecule has 1 aromatic rings. The number of hydrogen-bond donors (Lipinski definition) is 1. The van der Waals surface area contributed by atoms with Crippen LogP contribution in [-0.2, 0) is 6.42 Å². The Kier molecular flexibility index (Phi) is 2.17. The zero-order valence-electron chi connectivity index (χ0n) is 9.12. The SMILES string of the molecule is COc1cccc2c1CCC1CNCC21. The molecule has 15 heavy (non-hydrogen) atoms. The van der Waals surface area contributed by atoms with E-state index in [0.29, 0.717) is 0 Å². The van der Waals surface area contributed by atoms with Gasteiger partial charge >= 0.3 is 0 Å². The van der Waals surface area contributed by atoms with Crippen LogP contribution in [0.15, 0.2) is 18.2 Å². The highest BCUT2D eigenvalue weighted by Gasteiger charge is 2.34. The molecular formula is C13H17NO. The maximum Gasteiger partial charge on any atom is 0.122 e. The molecule has 0 spiro atoms. The van der Waals surface area contributed by atoms with Crippen LogP contribution in [0.3, 0.4) is 0 Å². The van der Waals surface area contributed by atoms with Crippen LogP contribution in [0, 0.1) is 5.92 Å². The summed E-state index contributed by atoms with van der Waals surface area (Å²) in [5.41, 5.74) is 2.97. The van der Waals surface area contributed by atoms with Gasteiger partial charge in [-0.25, -0.2) is 0 Å². The van der Waals surface area contributed by atoms with Crippen LogP contribution in [0.5, 0.6) is 5.75 Å². The molecule has 0 aromatic heterocycles. The van der Waals surface area contributed by atoms with Crippen molar-refractivity contribution in [2.24, 2.45) is 5.92 Å². The smallest absolute Gasteiger partial charge is 0.122 e. The molecule has 80 valence electrons. The highest BCUT2D eigenvalue weighted by Crippen LogP contribution is 2.41.